The number of ketones is 1. The maximum atomic E-state index is 13.3. The van der Waals surface area contributed by atoms with Crippen LogP contribution in [-0.2, 0) is 14.3 Å². The Balaban J connectivity index is 1.94. The van der Waals surface area contributed by atoms with Gasteiger partial charge in [0.25, 0.3) is 0 Å². The molecule has 2 unspecified atom stereocenters. The molecule has 2 heterocycles. The van der Waals surface area contributed by atoms with Gasteiger partial charge in [-0.1, -0.05) is 13.8 Å². The van der Waals surface area contributed by atoms with Crippen molar-refractivity contribution in [2.24, 2.45) is 16.3 Å². The zero-order valence-electron chi connectivity index (χ0n) is 18.0. The van der Waals surface area contributed by atoms with Gasteiger partial charge in [-0.3, -0.25) is 20.2 Å². The Hall–Kier alpha value is -2.91. The van der Waals surface area contributed by atoms with E-state index in [1.165, 1.54) is 6.07 Å². The average molecular weight is 430 g/mol. The van der Waals surface area contributed by atoms with Crippen LogP contribution in [0.5, 0.6) is 11.5 Å². The molecule has 2 atom stereocenters. The minimum Gasteiger partial charge on any atom is -0.463 e. The van der Waals surface area contributed by atoms with E-state index in [9.17, 15) is 20.0 Å². The first-order valence-corrected chi connectivity index (χ1v) is 10.2. The number of benzene rings is 1. The second kappa shape index (κ2) is 7.65. The molecule has 0 spiro atoms. The van der Waals surface area contributed by atoms with Gasteiger partial charge in [0, 0.05) is 29.8 Å². The molecule has 4 rings (SSSR count). The zero-order chi connectivity index (χ0) is 22.5. The van der Waals surface area contributed by atoms with Crippen LogP contribution < -0.4 is 14.7 Å². The average Bonchev–Trinajstić information content (AvgIpc) is 3.12. The van der Waals surface area contributed by atoms with Gasteiger partial charge in [0.05, 0.1) is 18.1 Å². The monoisotopic (exact) mass is 430 g/mol. The van der Waals surface area contributed by atoms with Crippen molar-refractivity contribution in [3.05, 3.63) is 29.0 Å². The summed E-state index contributed by atoms with van der Waals surface area (Å²) in [5.41, 5.74) is 1.45. The van der Waals surface area contributed by atoms with Gasteiger partial charge in [-0.25, -0.2) is 4.79 Å². The lowest BCUT2D eigenvalue weighted by atomic mass is 9.63. The van der Waals surface area contributed by atoms with Crippen LogP contribution in [0.2, 0.25) is 0 Å². The number of Topliss-reactive ketones (excluding diaryl/α,β-unsaturated/α-hetero) is 1. The van der Waals surface area contributed by atoms with Gasteiger partial charge in [-0.05, 0) is 37.3 Å². The van der Waals surface area contributed by atoms with Gasteiger partial charge in [-0.2, -0.15) is 0 Å². The number of carbonyl (C=O) groups excluding carboxylic acids is 2. The Morgan fingerprint density at radius 2 is 1.90 bits per heavy atom. The highest BCUT2D eigenvalue weighted by Gasteiger charge is 2.49. The number of hydrogen-bond acceptors (Lipinski definition) is 9. The minimum absolute atomic E-state index is 0.0113. The number of anilines is 1. The molecule has 2 aliphatic heterocycles. The lowest BCUT2D eigenvalue weighted by molar-refractivity contribution is -0.139. The summed E-state index contributed by atoms with van der Waals surface area (Å²) in [5.74, 6) is -1.42. The SMILES string of the molecule is CCOC(=O)C1=C(C)N=C2CC(C)(C)CC(=O)C2C1c1cc2c(cc1N(O)O)OCO2. The van der Waals surface area contributed by atoms with Crippen molar-refractivity contribution >= 4 is 23.2 Å². The fourth-order valence-corrected chi connectivity index (χ4v) is 4.77. The molecule has 31 heavy (non-hydrogen) atoms. The van der Waals surface area contributed by atoms with Crippen LogP contribution in [0.15, 0.2) is 28.4 Å². The van der Waals surface area contributed by atoms with Gasteiger partial charge in [0.15, 0.2) is 11.5 Å². The van der Waals surface area contributed by atoms with Gasteiger partial charge in [-0.15, -0.1) is 5.23 Å². The lowest BCUT2D eigenvalue weighted by Crippen LogP contribution is -2.44. The molecule has 1 aliphatic carbocycles. The second-order valence-corrected chi connectivity index (χ2v) is 8.82. The molecule has 9 heteroatoms. The summed E-state index contributed by atoms with van der Waals surface area (Å²) in [7, 11) is 0. The third kappa shape index (κ3) is 3.68. The maximum absolute atomic E-state index is 13.3. The molecular weight excluding hydrogens is 404 g/mol. The first-order chi connectivity index (χ1) is 14.6. The summed E-state index contributed by atoms with van der Waals surface area (Å²) in [6.07, 6.45) is 0.916. The molecule has 9 nitrogen and oxygen atoms in total. The highest BCUT2D eigenvalue weighted by Crippen LogP contribution is 2.51. The summed E-state index contributed by atoms with van der Waals surface area (Å²) in [4.78, 5) is 30.9. The van der Waals surface area contributed by atoms with Gasteiger partial charge >= 0.3 is 5.97 Å². The zero-order valence-corrected chi connectivity index (χ0v) is 18.0. The number of nitrogens with zero attached hydrogens (tertiary/aromatic N) is 2. The van der Waals surface area contributed by atoms with Gasteiger partial charge in [0.1, 0.15) is 11.5 Å². The standard InChI is InChI=1S/C22H26N2O7/c1-5-29-21(26)18-11(2)23-13-8-22(3,4)9-15(25)20(13)19(18)12-6-16-17(31-10-30-16)7-14(12)24(27)28/h6-7,19-20,27-28H,5,8-10H2,1-4H3. The molecule has 0 radical (unpaired) electrons. The van der Waals surface area contributed by atoms with Crippen molar-refractivity contribution in [1.29, 1.82) is 0 Å². The second-order valence-electron chi connectivity index (χ2n) is 8.82. The minimum atomic E-state index is -0.804. The Morgan fingerprint density at radius 3 is 2.55 bits per heavy atom. The predicted octanol–water partition coefficient (Wildman–Crippen LogP) is 3.38. The largest absolute Gasteiger partial charge is 0.463 e. The normalized spacial score (nSPS) is 23.9. The van der Waals surface area contributed by atoms with Crippen LogP contribution >= 0.6 is 0 Å². The number of carbonyl (C=O) groups is 2. The van der Waals surface area contributed by atoms with E-state index in [1.807, 2.05) is 13.8 Å². The molecule has 1 aromatic carbocycles. The van der Waals surface area contributed by atoms with Crippen molar-refractivity contribution in [2.75, 3.05) is 18.6 Å². The number of allylic oxidation sites excluding steroid dienone is 1. The molecule has 3 aliphatic rings. The molecule has 0 bridgehead atoms. The van der Waals surface area contributed by atoms with E-state index < -0.39 is 17.8 Å². The van der Waals surface area contributed by atoms with Crippen molar-refractivity contribution in [3.8, 4) is 11.5 Å². The number of hydrogen-bond donors (Lipinski definition) is 2. The van der Waals surface area contributed by atoms with E-state index in [2.05, 4.69) is 4.99 Å². The van der Waals surface area contributed by atoms with Crippen LogP contribution in [-0.4, -0.2) is 41.3 Å². The van der Waals surface area contributed by atoms with Gasteiger partial charge in [0.2, 0.25) is 6.79 Å². The van der Waals surface area contributed by atoms with Crippen molar-refractivity contribution < 1.29 is 34.2 Å². The first kappa shape index (κ1) is 21.3. The first-order valence-electron chi connectivity index (χ1n) is 10.2. The Morgan fingerprint density at radius 1 is 1.23 bits per heavy atom. The number of rotatable bonds is 4. The Labute approximate surface area is 179 Å². The number of fused-ring (bicyclic) bond motifs is 2. The van der Waals surface area contributed by atoms with E-state index in [1.54, 1.807) is 19.9 Å². The highest BCUT2D eigenvalue weighted by molar-refractivity contribution is 6.12. The fourth-order valence-electron chi connectivity index (χ4n) is 4.77. The summed E-state index contributed by atoms with van der Waals surface area (Å²) in [6.45, 7) is 7.56. The van der Waals surface area contributed by atoms with Crippen molar-refractivity contribution in [1.82, 2.24) is 0 Å². The molecule has 0 aromatic heterocycles. The lowest BCUT2D eigenvalue weighted by Gasteiger charge is -2.41. The van der Waals surface area contributed by atoms with Crippen LogP contribution in [0.25, 0.3) is 0 Å². The molecule has 0 amide bonds. The molecule has 1 fully saturated rings. The van der Waals surface area contributed by atoms with Crippen LogP contribution in [0, 0.1) is 11.3 Å². The predicted molar refractivity (Wildman–Crippen MR) is 110 cm³/mol. The van der Waals surface area contributed by atoms with E-state index >= 15 is 0 Å². The van der Waals surface area contributed by atoms with Crippen LogP contribution in [0.1, 0.15) is 52.0 Å². The smallest absolute Gasteiger partial charge is 0.336 e. The van der Waals surface area contributed by atoms with E-state index in [0.29, 0.717) is 41.3 Å². The maximum Gasteiger partial charge on any atom is 0.336 e. The van der Waals surface area contributed by atoms with Crippen LogP contribution in [0.3, 0.4) is 0 Å². The Kier molecular flexibility index (Phi) is 5.26. The van der Waals surface area contributed by atoms with E-state index in [-0.39, 0.29) is 41.1 Å². The number of esters is 1. The van der Waals surface area contributed by atoms with E-state index in [0.717, 1.165) is 0 Å². The van der Waals surface area contributed by atoms with Crippen molar-refractivity contribution in [2.45, 2.75) is 46.5 Å². The molecule has 1 aromatic rings. The summed E-state index contributed by atoms with van der Waals surface area (Å²) < 4.78 is 16.1. The van der Waals surface area contributed by atoms with Crippen LogP contribution in [0.4, 0.5) is 5.69 Å². The summed E-state index contributed by atoms with van der Waals surface area (Å²) in [5, 5.41) is 19.9. The number of ether oxygens (including phenoxy) is 3. The van der Waals surface area contributed by atoms with E-state index in [4.69, 9.17) is 14.2 Å². The molecule has 1 saturated carbocycles. The third-order valence-corrected chi connectivity index (χ3v) is 5.93. The fraction of sp³-hybridized carbons (Fsp3) is 0.500. The quantitative estimate of drug-likeness (QED) is 0.551. The Bertz CT molecular complexity index is 1010. The molecule has 2 N–H and O–H groups in total. The molecule has 166 valence electrons. The topological polar surface area (TPSA) is 118 Å². The van der Waals surface area contributed by atoms with Gasteiger partial charge < -0.3 is 14.2 Å². The molecular formula is C22H26N2O7. The highest BCUT2D eigenvalue weighted by atomic mass is 16.8. The third-order valence-electron chi connectivity index (χ3n) is 5.93. The molecule has 0 saturated heterocycles. The summed E-state index contributed by atoms with van der Waals surface area (Å²) >= 11 is 0. The number of aliphatic imine (C=N–C) groups is 1. The van der Waals surface area contributed by atoms with Crippen molar-refractivity contribution in [3.63, 3.8) is 0 Å². The summed E-state index contributed by atoms with van der Waals surface area (Å²) in [6, 6.07) is 3.00.